The Hall–Kier alpha value is -1.52. The van der Waals surface area contributed by atoms with Crippen LogP contribution < -0.4 is 4.74 Å². The lowest BCUT2D eigenvalue weighted by molar-refractivity contribution is 0.272. The predicted molar refractivity (Wildman–Crippen MR) is 66.2 cm³/mol. The van der Waals surface area contributed by atoms with Crippen LogP contribution in [0.3, 0.4) is 0 Å². The number of H-pyrrole nitrogens is 1. The van der Waals surface area contributed by atoms with E-state index in [-0.39, 0.29) is 6.61 Å². The van der Waals surface area contributed by atoms with Crippen LogP contribution in [0.1, 0.15) is 11.4 Å². The molecule has 0 saturated carbocycles. The Morgan fingerprint density at radius 2 is 2.24 bits per heavy atom. The Balaban J connectivity index is 2.53. The van der Waals surface area contributed by atoms with Gasteiger partial charge in [-0.15, -0.1) is 0 Å². The van der Waals surface area contributed by atoms with E-state index in [1.165, 1.54) is 0 Å². The molecule has 0 saturated heterocycles. The lowest BCUT2D eigenvalue weighted by Crippen LogP contribution is -1.91. The maximum absolute atomic E-state index is 8.97. The van der Waals surface area contributed by atoms with Gasteiger partial charge in [0.15, 0.2) is 0 Å². The third kappa shape index (κ3) is 2.28. The number of rotatable bonds is 3. The van der Waals surface area contributed by atoms with Crippen LogP contribution in [0.15, 0.2) is 18.3 Å². The smallest absolute Gasteiger partial charge is 0.132 e. The van der Waals surface area contributed by atoms with Crippen LogP contribution in [0.5, 0.6) is 5.75 Å². The molecule has 1 aromatic carbocycles. The first-order valence-electron chi connectivity index (χ1n) is 5.15. The summed E-state index contributed by atoms with van der Waals surface area (Å²) in [6, 6.07) is 3.70. The van der Waals surface area contributed by atoms with Gasteiger partial charge in [-0.05, 0) is 24.6 Å². The van der Waals surface area contributed by atoms with Crippen LogP contribution in [0.4, 0.5) is 0 Å². The molecule has 0 bridgehead atoms. The SMILES string of the molecule is COc1cc(C)c(Cl)cc1-c1cnc(CO)[nH]1. The van der Waals surface area contributed by atoms with E-state index in [4.69, 9.17) is 21.4 Å². The standard InChI is InChI=1S/C12H13ClN2O2/c1-7-3-11(17-2)8(4-9(7)13)10-5-14-12(6-16)15-10/h3-5,16H,6H2,1-2H3,(H,14,15). The fraction of sp³-hybridized carbons (Fsp3) is 0.250. The summed E-state index contributed by atoms with van der Waals surface area (Å²) in [6.45, 7) is 1.79. The summed E-state index contributed by atoms with van der Waals surface area (Å²) in [5.74, 6) is 1.23. The topological polar surface area (TPSA) is 58.1 Å². The molecule has 0 aliphatic rings. The molecule has 5 heteroatoms. The van der Waals surface area contributed by atoms with Gasteiger partial charge >= 0.3 is 0 Å². The highest BCUT2D eigenvalue weighted by Gasteiger charge is 2.11. The molecular formula is C12H13ClN2O2. The fourth-order valence-electron chi connectivity index (χ4n) is 1.61. The summed E-state index contributed by atoms with van der Waals surface area (Å²) in [6.07, 6.45) is 1.65. The van der Waals surface area contributed by atoms with Gasteiger partial charge in [0.1, 0.15) is 18.2 Å². The van der Waals surface area contributed by atoms with E-state index in [2.05, 4.69) is 9.97 Å². The molecule has 4 nitrogen and oxygen atoms in total. The third-order valence-electron chi connectivity index (χ3n) is 2.55. The predicted octanol–water partition coefficient (Wildman–Crippen LogP) is 2.54. The van der Waals surface area contributed by atoms with Crippen molar-refractivity contribution in [1.29, 1.82) is 0 Å². The van der Waals surface area contributed by atoms with Gasteiger partial charge < -0.3 is 14.8 Å². The van der Waals surface area contributed by atoms with Crippen LogP contribution >= 0.6 is 11.6 Å². The van der Waals surface area contributed by atoms with Crippen molar-refractivity contribution in [3.63, 3.8) is 0 Å². The minimum absolute atomic E-state index is 0.123. The lowest BCUT2D eigenvalue weighted by Gasteiger charge is -2.09. The molecule has 0 aliphatic heterocycles. The van der Waals surface area contributed by atoms with Crippen LogP contribution in [0.2, 0.25) is 5.02 Å². The number of ether oxygens (including phenoxy) is 1. The number of nitrogens with one attached hydrogen (secondary N) is 1. The summed E-state index contributed by atoms with van der Waals surface area (Å²) >= 11 is 6.09. The Morgan fingerprint density at radius 3 is 2.82 bits per heavy atom. The number of halogens is 1. The van der Waals surface area contributed by atoms with E-state index in [1.807, 2.05) is 19.1 Å². The second-order valence-electron chi connectivity index (χ2n) is 3.70. The highest BCUT2D eigenvalue weighted by atomic mass is 35.5. The Labute approximate surface area is 104 Å². The first kappa shape index (κ1) is 12.0. The highest BCUT2D eigenvalue weighted by Crippen LogP contribution is 2.33. The van der Waals surface area contributed by atoms with Crippen molar-refractivity contribution in [3.8, 4) is 17.0 Å². The number of hydrogen-bond donors (Lipinski definition) is 2. The zero-order chi connectivity index (χ0) is 12.4. The maximum atomic E-state index is 8.97. The van der Waals surface area contributed by atoms with Crippen molar-refractivity contribution in [2.24, 2.45) is 0 Å². The fourth-order valence-corrected chi connectivity index (χ4v) is 1.78. The third-order valence-corrected chi connectivity index (χ3v) is 2.96. The molecule has 2 N–H and O–H groups in total. The van der Waals surface area contributed by atoms with Gasteiger partial charge in [0.2, 0.25) is 0 Å². The van der Waals surface area contributed by atoms with Crippen molar-refractivity contribution in [3.05, 3.63) is 34.7 Å². The number of nitrogens with zero attached hydrogens (tertiary/aromatic N) is 1. The minimum atomic E-state index is -0.123. The number of aromatic nitrogens is 2. The molecule has 90 valence electrons. The molecule has 17 heavy (non-hydrogen) atoms. The van der Waals surface area contributed by atoms with Gasteiger partial charge in [0.05, 0.1) is 19.0 Å². The van der Waals surface area contributed by atoms with Gasteiger partial charge in [-0.2, -0.15) is 0 Å². The minimum Gasteiger partial charge on any atom is -0.496 e. The van der Waals surface area contributed by atoms with Crippen LogP contribution in [-0.4, -0.2) is 22.2 Å². The molecule has 2 rings (SSSR count). The second kappa shape index (κ2) is 4.77. The van der Waals surface area contributed by atoms with Gasteiger partial charge in [-0.25, -0.2) is 4.98 Å². The van der Waals surface area contributed by atoms with Crippen LogP contribution in [0.25, 0.3) is 11.3 Å². The van der Waals surface area contributed by atoms with Crippen molar-refractivity contribution in [2.45, 2.75) is 13.5 Å². The Morgan fingerprint density at radius 1 is 1.47 bits per heavy atom. The van der Waals surface area contributed by atoms with Crippen molar-refractivity contribution in [2.75, 3.05) is 7.11 Å². The quantitative estimate of drug-likeness (QED) is 0.883. The molecule has 0 spiro atoms. The van der Waals surface area contributed by atoms with E-state index < -0.39 is 0 Å². The van der Waals surface area contributed by atoms with Gasteiger partial charge in [-0.1, -0.05) is 11.6 Å². The normalized spacial score (nSPS) is 10.6. The van der Waals surface area contributed by atoms with E-state index in [0.29, 0.717) is 10.8 Å². The first-order chi connectivity index (χ1) is 8.15. The molecule has 1 heterocycles. The van der Waals surface area contributed by atoms with E-state index >= 15 is 0 Å². The molecule has 0 atom stereocenters. The average molecular weight is 253 g/mol. The largest absolute Gasteiger partial charge is 0.496 e. The molecule has 0 unspecified atom stereocenters. The summed E-state index contributed by atoms with van der Waals surface area (Å²) in [5.41, 5.74) is 2.55. The zero-order valence-electron chi connectivity index (χ0n) is 9.62. The van der Waals surface area contributed by atoms with E-state index in [9.17, 15) is 0 Å². The first-order valence-corrected chi connectivity index (χ1v) is 5.52. The number of hydrogen-bond acceptors (Lipinski definition) is 3. The molecule has 1 aromatic heterocycles. The summed E-state index contributed by atoms with van der Waals surface area (Å²) in [5, 5.41) is 9.64. The molecule has 0 amide bonds. The molecule has 0 radical (unpaired) electrons. The molecule has 2 aromatic rings. The number of aliphatic hydroxyl groups excluding tert-OH is 1. The number of imidazole rings is 1. The van der Waals surface area contributed by atoms with Crippen molar-refractivity contribution < 1.29 is 9.84 Å². The molecular weight excluding hydrogens is 240 g/mol. The summed E-state index contributed by atoms with van der Waals surface area (Å²) in [7, 11) is 1.61. The number of aliphatic hydroxyl groups is 1. The van der Waals surface area contributed by atoms with Crippen molar-refractivity contribution >= 4 is 11.6 Å². The van der Waals surface area contributed by atoms with E-state index in [0.717, 1.165) is 22.6 Å². The number of aryl methyl sites for hydroxylation is 1. The Kier molecular flexibility index (Phi) is 3.36. The molecule has 0 aliphatic carbocycles. The van der Waals surface area contributed by atoms with Crippen molar-refractivity contribution in [1.82, 2.24) is 9.97 Å². The van der Waals surface area contributed by atoms with E-state index in [1.54, 1.807) is 13.3 Å². The van der Waals surface area contributed by atoms with Crippen LogP contribution in [0, 0.1) is 6.92 Å². The Bertz CT molecular complexity index is 537. The van der Waals surface area contributed by atoms with Gasteiger partial charge in [0.25, 0.3) is 0 Å². The molecule has 0 fully saturated rings. The number of benzene rings is 1. The summed E-state index contributed by atoms with van der Waals surface area (Å²) < 4.78 is 5.31. The number of methoxy groups -OCH3 is 1. The van der Waals surface area contributed by atoms with Gasteiger partial charge in [0, 0.05) is 10.6 Å². The maximum Gasteiger partial charge on any atom is 0.132 e. The summed E-state index contributed by atoms with van der Waals surface area (Å²) in [4.78, 5) is 7.04. The zero-order valence-corrected chi connectivity index (χ0v) is 10.4. The monoisotopic (exact) mass is 252 g/mol. The highest BCUT2D eigenvalue weighted by molar-refractivity contribution is 6.31. The lowest BCUT2D eigenvalue weighted by atomic mass is 10.1. The number of aromatic amines is 1. The average Bonchev–Trinajstić information content (AvgIpc) is 2.80. The second-order valence-corrected chi connectivity index (χ2v) is 4.11. The van der Waals surface area contributed by atoms with Gasteiger partial charge in [-0.3, -0.25) is 0 Å². The van der Waals surface area contributed by atoms with Crippen LogP contribution in [-0.2, 0) is 6.61 Å².